The minimum Gasteiger partial charge on any atom is -0.332 e. The summed E-state index contributed by atoms with van der Waals surface area (Å²) in [5.74, 6) is 1.11. The average molecular weight is 262 g/mol. The van der Waals surface area contributed by atoms with E-state index in [1.165, 1.54) is 0 Å². The summed E-state index contributed by atoms with van der Waals surface area (Å²) in [6, 6.07) is 2.97. The van der Waals surface area contributed by atoms with Crippen LogP contribution in [0.15, 0.2) is 12.4 Å². The van der Waals surface area contributed by atoms with Gasteiger partial charge in [-0.15, -0.1) is 0 Å². The van der Waals surface area contributed by atoms with E-state index in [0.29, 0.717) is 6.04 Å². The molecule has 0 aliphatic heterocycles. The quantitative estimate of drug-likeness (QED) is 0.821. The van der Waals surface area contributed by atoms with Crippen LogP contribution in [0, 0.1) is 11.3 Å². The van der Waals surface area contributed by atoms with Gasteiger partial charge in [0.1, 0.15) is 11.4 Å². The Morgan fingerprint density at radius 2 is 2.16 bits per heavy atom. The Bertz CT molecular complexity index is 430. The van der Waals surface area contributed by atoms with Gasteiger partial charge < -0.3 is 4.57 Å². The fourth-order valence-corrected chi connectivity index (χ4v) is 2.63. The van der Waals surface area contributed by atoms with Crippen LogP contribution in [0.5, 0.6) is 0 Å². The minimum absolute atomic E-state index is 0.264. The van der Waals surface area contributed by atoms with Gasteiger partial charge in [-0.25, -0.2) is 4.98 Å². The first-order valence-corrected chi connectivity index (χ1v) is 7.12. The van der Waals surface area contributed by atoms with E-state index in [-0.39, 0.29) is 6.04 Å². The van der Waals surface area contributed by atoms with Crippen molar-refractivity contribution in [1.82, 2.24) is 14.9 Å². The van der Waals surface area contributed by atoms with E-state index in [1.54, 1.807) is 0 Å². The molecule has 1 aromatic heterocycles. The van der Waals surface area contributed by atoms with Gasteiger partial charge in [-0.3, -0.25) is 5.32 Å². The molecule has 0 aromatic carbocycles. The molecule has 2 atom stereocenters. The van der Waals surface area contributed by atoms with Crippen molar-refractivity contribution >= 4 is 0 Å². The maximum Gasteiger partial charge on any atom is 0.108 e. The summed E-state index contributed by atoms with van der Waals surface area (Å²) in [6.07, 6.45) is 6.71. The molecule has 0 fully saturated rings. The summed E-state index contributed by atoms with van der Waals surface area (Å²) in [4.78, 5) is 4.40. The fourth-order valence-electron chi connectivity index (χ4n) is 2.63. The van der Waals surface area contributed by atoms with E-state index in [4.69, 9.17) is 0 Å². The van der Waals surface area contributed by atoms with E-state index < -0.39 is 5.54 Å². The molecule has 0 spiro atoms. The van der Waals surface area contributed by atoms with Crippen molar-refractivity contribution in [3.8, 4) is 6.07 Å². The predicted octanol–water partition coefficient (Wildman–Crippen LogP) is 3.07. The van der Waals surface area contributed by atoms with E-state index in [2.05, 4.69) is 48.6 Å². The number of rotatable bonds is 7. The van der Waals surface area contributed by atoms with Crippen LogP contribution in [0.1, 0.15) is 59.3 Å². The zero-order valence-electron chi connectivity index (χ0n) is 12.8. The maximum absolute atomic E-state index is 9.42. The summed E-state index contributed by atoms with van der Waals surface area (Å²) >= 11 is 0. The van der Waals surface area contributed by atoms with Crippen LogP contribution in [0.2, 0.25) is 0 Å². The highest BCUT2D eigenvalue weighted by atomic mass is 15.1. The maximum atomic E-state index is 9.42. The summed E-state index contributed by atoms with van der Waals surface area (Å²) in [5, 5.41) is 12.8. The molecule has 1 N–H and O–H groups in total. The van der Waals surface area contributed by atoms with E-state index >= 15 is 0 Å². The lowest BCUT2D eigenvalue weighted by atomic mass is 9.94. The number of imidazole rings is 1. The zero-order valence-corrected chi connectivity index (χ0v) is 12.8. The third-order valence-corrected chi connectivity index (χ3v) is 3.26. The van der Waals surface area contributed by atoms with Gasteiger partial charge in [-0.1, -0.05) is 6.92 Å². The summed E-state index contributed by atoms with van der Waals surface area (Å²) in [7, 11) is 0. The lowest BCUT2D eigenvalue weighted by Gasteiger charge is -2.29. The van der Waals surface area contributed by atoms with E-state index in [9.17, 15) is 5.26 Å². The Hall–Kier alpha value is -1.34. The zero-order chi connectivity index (χ0) is 14.5. The molecule has 19 heavy (non-hydrogen) atoms. The standard InChI is InChI=1S/C15H26N4/c1-6-7-14-17-8-9-19(14)13(4)10-15(5,11-16)18-12(2)3/h8-9,12-13,18H,6-7,10H2,1-5H3. The SMILES string of the molecule is CCCc1nccn1C(C)CC(C)(C#N)NC(C)C. The first kappa shape index (κ1) is 15.7. The fraction of sp³-hybridized carbons (Fsp3) is 0.733. The Kier molecular flexibility index (Phi) is 5.56. The van der Waals surface area contributed by atoms with E-state index in [1.807, 2.05) is 19.3 Å². The van der Waals surface area contributed by atoms with Crippen LogP contribution in [0.25, 0.3) is 0 Å². The third-order valence-electron chi connectivity index (χ3n) is 3.26. The monoisotopic (exact) mass is 262 g/mol. The second-order valence-electron chi connectivity index (χ2n) is 5.80. The van der Waals surface area contributed by atoms with Gasteiger partial charge in [0.15, 0.2) is 0 Å². The van der Waals surface area contributed by atoms with Crippen LogP contribution >= 0.6 is 0 Å². The molecular weight excluding hydrogens is 236 g/mol. The van der Waals surface area contributed by atoms with E-state index in [0.717, 1.165) is 25.1 Å². The van der Waals surface area contributed by atoms with Crippen LogP contribution in [0.4, 0.5) is 0 Å². The summed E-state index contributed by atoms with van der Waals surface area (Å²) in [5.41, 5.74) is -0.499. The Morgan fingerprint density at radius 1 is 1.47 bits per heavy atom. The largest absolute Gasteiger partial charge is 0.332 e. The van der Waals surface area contributed by atoms with Crippen LogP contribution in [-0.2, 0) is 6.42 Å². The number of aromatic nitrogens is 2. The molecule has 1 aromatic rings. The van der Waals surface area contributed by atoms with Gasteiger partial charge in [0.2, 0.25) is 0 Å². The molecule has 1 heterocycles. The van der Waals surface area contributed by atoms with Crippen LogP contribution in [0.3, 0.4) is 0 Å². The molecule has 106 valence electrons. The van der Waals surface area contributed by atoms with Crippen LogP contribution in [-0.4, -0.2) is 21.1 Å². The van der Waals surface area contributed by atoms with Gasteiger partial charge in [0.25, 0.3) is 0 Å². The topological polar surface area (TPSA) is 53.6 Å². The molecule has 0 radical (unpaired) electrons. The Labute approximate surface area is 116 Å². The highest BCUT2D eigenvalue weighted by molar-refractivity contribution is 5.07. The first-order valence-electron chi connectivity index (χ1n) is 7.12. The Morgan fingerprint density at radius 3 is 2.68 bits per heavy atom. The number of nitrogens with one attached hydrogen (secondary N) is 1. The van der Waals surface area contributed by atoms with Crippen molar-refractivity contribution in [3.63, 3.8) is 0 Å². The van der Waals surface area contributed by atoms with Gasteiger partial charge >= 0.3 is 0 Å². The van der Waals surface area contributed by atoms with Gasteiger partial charge in [0.05, 0.1) is 6.07 Å². The molecule has 4 nitrogen and oxygen atoms in total. The molecule has 0 saturated carbocycles. The molecule has 0 aliphatic rings. The van der Waals surface area contributed by atoms with Crippen LogP contribution < -0.4 is 5.32 Å². The average Bonchev–Trinajstić information content (AvgIpc) is 2.76. The summed E-state index contributed by atoms with van der Waals surface area (Å²) < 4.78 is 2.20. The highest BCUT2D eigenvalue weighted by Crippen LogP contribution is 2.22. The number of hydrogen-bond acceptors (Lipinski definition) is 3. The highest BCUT2D eigenvalue weighted by Gasteiger charge is 2.28. The van der Waals surface area contributed by atoms with Crippen molar-refractivity contribution in [2.45, 2.75) is 71.5 Å². The number of aryl methyl sites for hydroxylation is 1. The minimum atomic E-state index is -0.499. The molecule has 4 heteroatoms. The molecule has 1 rings (SSSR count). The van der Waals surface area contributed by atoms with Crippen molar-refractivity contribution in [2.75, 3.05) is 0 Å². The van der Waals surface area contributed by atoms with Crippen molar-refractivity contribution < 1.29 is 0 Å². The molecule has 0 amide bonds. The second-order valence-corrected chi connectivity index (χ2v) is 5.80. The lowest BCUT2D eigenvalue weighted by molar-refractivity contribution is 0.323. The van der Waals surface area contributed by atoms with Crippen molar-refractivity contribution in [1.29, 1.82) is 5.26 Å². The Balaban J connectivity index is 2.80. The third kappa shape index (κ3) is 4.36. The summed E-state index contributed by atoms with van der Waals surface area (Å²) in [6.45, 7) is 10.4. The number of hydrogen-bond donors (Lipinski definition) is 1. The lowest BCUT2D eigenvalue weighted by Crippen LogP contribution is -2.46. The van der Waals surface area contributed by atoms with Gasteiger partial charge in [0, 0.05) is 30.9 Å². The molecular formula is C15H26N4. The van der Waals surface area contributed by atoms with Crippen molar-refractivity contribution in [3.05, 3.63) is 18.2 Å². The van der Waals surface area contributed by atoms with Gasteiger partial charge in [-0.2, -0.15) is 5.26 Å². The molecule has 2 unspecified atom stereocenters. The number of nitriles is 1. The molecule has 0 bridgehead atoms. The smallest absolute Gasteiger partial charge is 0.108 e. The second kappa shape index (κ2) is 6.72. The molecule has 0 saturated heterocycles. The molecule has 0 aliphatic carbocycles. The normalized spacial score (nSPS) is 16.1. The number of nitrogens with zero attached hydrogens (tertiary/aromatic N) is 3. The van der Waals surface area contributed by atoms with Gasteiger partial charge in [-0.05, 0) is 40.5 Å². The van der Waals surface area contributed by atoms with Crippen molar-refractivity contribution in [2.24, 2.45) is 0 Å². The first-order chi connectivity index (χ1) is 8.91. The predicted molar refractivity (Wildman–Crippen MR) is 77.8 cm³/mol.